The monoisotopic (exact) mass is 283 g/mol. The summed E-state index contributed by atoms with van der Waals surface area (Å²) in [5.41, 5.74) is 0.306. The molecule has 2 nitrogen and oxygen atoms in total. The van der Waals surface area contributed by atoms with Crippen LogP contribution in [0.4, 0.5) is 4.39 Å². The molecule has 0 radical (unpaired) electrons. The summed E-state index contributed by atoms with van der Waals surface area (Å²) in [7, 11) is 0. The SMILES string of the molecule is CC(C)(C(=O)Cc1ccc(F)c(Cl)c1)N1CCCC1. The fourth-order valence-electron chi connectivity index (χ4n) is 2.50. The summed E-state index contributed by atoms with van der Waals surface area (Å²) < 4.78 is 13.1. The van der Waals surface area contributed by atoms with Crippen LogP contribution in [-0.2, 0) is 11.2 Å². The van der Waals surface area contributed by atoms with Crippen molar-refractivity contribution in [3.05, 3.63) is 34.6 Å². The fraction of sp³-hybridized carbons (Fsp3) is 0.533. The number of ketones is 1. The van der Waals surface area contributed by atoms with Crippen molar-refractivity contribution in [1.29, 1.82) is 0 Å². The lowest BCUT2D eigenvalue weighted by Gasteiger charge is -2.34. The molecule has 1 aromatic rings. The van der Waals surface area contributed by atoms with E-state index in [2.05, 4.69) is 4.90 Å². The van der Waals surface area contributed by atoms with Gasteiger partial charge in [0.1, 0.15) is 5.82 Å². The summed E-state index contributed by atoms with van der Waals surface area (Å²) in [6.07, 6.45) is 2.60. The van der Waals surface area contributed by atoms with E-state index in [0.29, 0.717) is 6.42 Å². The topological polar surface area (TPSA) is 20.3 Å². The van der Waals surface area contributed by atoms with E-state index < -0.39 is 11.4 Å². The molecule has 1 fully saturated rings. The van der Waals surface area contributed by atoms with E-state index in [9.17, 15) is 9.18 Å². The van der Waals surface area contributed by atoms with Gasteiger partial charge in [-0.2, -0.15) is 0 Å². The van der Waals surface area contributed by atoms with E-state index in [-0.39, 0.29) is 10.8 Å². The Morgan fingerprint density at radius 3 is 2.58 bits per heavy atom. The number of hydrogen-bond donors (Lipinski definition) is 0. The summed E-state index contributed by atoms with van der Waals surface area (Å²) in [4.78, 5) is 14.7. The second-order valence-corrected chi connectivity index (χ2v) is 6.01. The minimum Gasteiger partial charge on any atom is -0.297 e. The van der Waals surface area contributed by atoms with Gasteiger partial charge in [-0.3, -0.25) is 9.69 Å². The highest BCUT2D eigenvalue weighted by Crippen LogP contribution is 2.24. The van der Waals surface area contributed by atoms with E-state index in [4.69, 9.17) is 11.6 Å². The van der Waals surface area contributed by atoms with Crippen LogP contribution in [0.1, 0.15) is 32.3 Å². The first-order valence-electron chi connectivity index (χ1n) is 6.63. The van der Waals surface area contributed by atoms with Crippen LogP contribution in [0.3, 0.4) is 0 Å². The lowest BCUT2D eigenvalue weighted by atomic mass is 9.92. The third-order valence-corrected chi connectivity index (χ3v) is 4.22. The zero-order valence-electron chi connectivity index (χ0n) is 11.4. The minimum atomic E-state index is -0.461. The summed E-state index contributed by atoms with van der Waals surface area (Å²) in [6, 6.07) is 4.47. The summed E-state index contributed by atoms with van der Waals surface area (Å²) in [6.45, 7) is 5.88. The number of benzene rings is 1. The van der Waals surface area contributed by atoms with Gasteiger partial charge < -0.3 is 0 Å². The molecular weight excluding hydrogens is 265 g/mol. The Balaban J connectivity index is 2.09. The number of Topliss-reactive ketones (excluding diaryl/α,β-unsaturated/α-hetero) is 1. The second-order valence-electron chi connectivity index (χ2n) is 5.60. The smallest absolute Gasteiger partial charge is 0.156 e. The normalized spacial score (nSPS) is 16.8. The van der Waals surface area contributed by atoms with Gasteiger partial charge in [-0.15, -0.1) is 0 Å². The summed E-state index contributed by atoms with van der Waals surface area (Å²) in [5.74, 6) is -0.297. The highest BCUT2D eigenvalue weighted by atomic mass is 35.5. The van der Waals surface area contributed by atoms with Crippen molar-refractivity contribution >= 4 is 17.4 Å². The first-order chi connectivity index (χ1) is 8.91. The van der Waals surface area contributed by atoms with Crippen LogP contribution in [0.5, 0.6) is 0 Å². The van der Waals surface area contributed by atoms with Gasteiger partial charge in [0.05, 0.1) is 10.6 Å². The molecule has 0 amide bonds. The zero-order chi connectivity index (χ0) is 14.0. The Labute approximate surface area is 118 Å². The van der Waals surface area contributed by atoms with Crippen LogP contribution in [0.2, 0.25) is 5.02 Å². The van der Waals surface area contributed by atoms with Crippen molar-refractivity contribution < 1.29 is 9.18 Å². The molecule has 1 aromatic carbocycles. The molecule has 0 N–H and O–H groups in total. The van der Waals surface area contributed by atoms with Crippen molar-refractivity contribution in [2.75, 3.05) is 13.1 Å². The van der Waals surface area contributed by atoms with E-state index in [0.717, 1.165) is 31.5 Å². The predicted octanol–water partition coefficient (Wildman–Crippen LogP) is 3.47. The quantitative estimate of drug-likeness (QED) is 0.843. The van der Waals surface area contributed by atoms with Crippen LogP contribution in [0.15, 0.2) is 18.2 Å². The minimum absolute atomic E-state index is 0.0734. The number of nitrogens with zero attached hydrogens (tertiary/aromatic N) is 1. The maximum atomic E-state index is 13.1. The van der Waals surface area contributed by atoms with Crippen molar-refractivity contribution in [1.82, 2.24) is 4.90 Å². The highest BCUT2D eigenvalue weighted by Gasteiger charge is 2.35. The fourth-order valence-corrected chi connectivity index (χ4v) is 2.71. The lowest BCUT2D eigenvalue weighted by Crippen LogP contribution is -2.49. The van der Waals surface area contributed by atoms with E-state index in [1.807, 2.05) is 13.8 Å². The Bertz CT molecular complexity index is 481. The van der Waals surface area contributed by atoms with Gasteiger partial charge in [0.2, 0.25) is 0 Å². The lowest BCUT2D eigenvalue weighted by molar-refractivity contribution is -0.128. The standard InChI is InChI=1S/C15H19ClFNO/c1-15(2,18-7-3-4-8-18)14(19)10-11-5-6-13(17)12(16)9-11/h5-6,9H,3-4,7-8,10H2,1-2H3. The molecule has 1 heterocycles. The van der Waals surface area contributed by atoms with E-state index >= 15 is 0 Å². The van der Waals surface area contributed by atoms with Crippen LogP contribution in [-0.4, -0.2) is 29.3 Å². The molecule has 1 aliphatic rings. The molecule has 104 valence electrons. The molecule has 0 bridgehead atoms. The molecule has 1 saturated heterocycles. The van der Waals surface area contributed by atoms with Crippen LogP contribution in [0, 0.1) is 5.82 Å². The predicted molar refractivity (Wildman–Crippen MR) is 75.0 cm³/mol. The number of rotatable bonds is 4. The summed E-state index contributed by atoms with van der Waals surface area (Å²) >= 11 is 5.74. The molecule has 0 unspecified atom stereocenters. The second kappa shape index (κ2) is 5.59. The number of halogens is 2. The number of carbonyl (C=O) groups excluding carboxylic acids is 1. The summed E-state index contributed by atoms with van der Waals surface area (Å²) in [5, 5.41) is 0.0734. The van der Waals surface area contributed by atoms with Gasteiger partial charge in [-0.25, -0.2) is 4.39 Å². The number of carbonyl (C=O) groups is 1. The average molecular weight is 284 g/mol. The van der Waals surface area contributed by atoms with E-state index in [1.165, 1.54) is 12.1 Å². The van der Waals surface area contributed by atoms with Crippen LogP contribution in [0.25, 0.3) is 0 Å². The maximum absolute atomic E-state index is 13.1. The van der Waals surface area contributed by atoms with Gasteiger partial charge in [-0.1, -0.05) is 17.7 Å². The van der Waals surface area contributed by atoms with Gasteiger partial charge >= 0.3 is 0 Å². The Kier molecular flexibility index (Phi) is 4.26. The number of hydrogen-bond acceptors (Lipinski definition) is 2. The average Bonchev–Trinajstić information content (AvgIpc) is 2.88. The highest BCUT2D eigenvalue weighted by molar-refractivity contribution is 6.30. The third kappa shape index (κ3) is 3.15. The molecule has 19 heavy (non-hydrogen) atoms. The van der Waals surface area contributed by atoms with Crippen LogP contribution < -0.4 is 0 Å². The first kappa shape index (κ1) is 14.5. The maximum Gasteiger partial charge on any atom is 0.156 e. The molecule has 0 aliphatic carbocycles. The molecule has 0 saturated carbocycles. The Morgan fingerprint density at radius 2 is 2.00 bits per heavy atom. The molecule has 4 heteroatoms. The van der Waals surface area contributed by atoms with Gasteiger partial charge in [0.15, 0.2) is 5.78 Å². The molecule has 2 rings (SSSR count). The molecule has 0 atom stereocenters. The van der Waals surface area contributed by atoms with Crippen molar-refractivity contribution in [2.24, 2.45) is 0 Å². The first-order valence-corrected chi connectivity index (χ1v) is 7.01. The molecular formula is C15H19ClFNO. The largest absolute Gasteiger partial charge is 0.297 e. The van der Waals surface area contributed by atoms with Crippen LogP contribution >= 0.6 is 11.6 Å². The van der Waals surface area contributed by atoms with Crippen molar-refractivity contribution in [3.8, 4) is 0 Å². The molecule has 0 aromatic heterocycles. The van der Waals surface area contributed by atoms with Gasteiger partial charge in [0.25, 0.3) is 0 Å². The Morgan fingerprint density at radius 1 is 1.37 bits per heavy atom. The molecule has 0 spiro atoms. The third-order valence-electron chi connectivity index (χ3n) is 3.93. The molecule has 1 aliphatic heterocycles. The van der Waals surface area contributed by atoms with E-state index in [1.54, 1.807) is 6.07 Å². The van der Waals surface area contributed by atoms with Gasteiger partial charge in [0, 0.05) is 6.42 Å². The van der Waals surface area contributed by atoms with Crippen molar-refractivity contribution in [2.45, 2.75) is 38.6 Å². The zero-order valence-corrected chi connectivity index (χ0v) is 12.1. The number of likely N-dealkylation sites (tertiary alicyclic amines) is 1. The van der Waals surface area contributed by atoms with Gasteiger partial charge in [-0.05, 0) is 57.5 Å². The van der Waals surface area contributed by atoms with Crippen molar-refractivity contribution in [3.63, 3.8) is 0 Å². The Hall–Kier alpha value is -0.930.